The van der Waals surface area contributed by atoms with Crippen LogP contribution in [0.15, 0.2) is 66.7 Å². The van der Waals surface area contributed by atoms with E-state index >= 15 is 0 Å². The molecule has 0 atom stereocenters. The smallest absolute Gasteiger partial charge is 0.159 e. The SMILES string of the molecule is CCOc1ccc(C#Cc2cc(F)c(C#Cc3ccc4cc(F)c(F)cc4c3)c(F)c2)cc1. The molecule has 0 spiro atoms. The van der Waals surface area contributed by atoms with Crippen molar-refractivity contribution >= 4 is 10.8 Å². The van der Waals surface area contributed by atoms with Crippen LogP contribution in [0.25, 0.3) is 10.8 Å². The number of hydrogen-bond acceptors (Lipinski definition) is 1. The van der Waals surface area contributed by atoms with Gasteiger partial charge in [0.15, 0.2) is 11.6 Å². The Hall–Kier alpha value is -4.22. The largest absolute Gasteiger partial charge is 0.494 e. The summed E-state index contributed by atoms with van der Waals surface area (Å²) in [6, 6.07) is 16.1. The quantitative estimate of drug-likeness (QED) is 0.250. The molecule has 0 fully saturated rings. The van der Waals surface area contributed by atoms with Crippen LogP contribution in [-0.2, 0) is 0 Å². The molecule has 4 aromatic carbocycles. The van der Waals surface area contributed by atoms with Gasteiger partial charge in [0.25, 0.3) is 0 Å². The number of hydrogen-bond donors (Lipinski definition) is 0. The number of rotatable bonds is 2. The normalized spacial score (nSPS) is 10.2. The predicted octanol–water partition coefficient (Wildman–Crippen LogP) is 6.59. The van der Waals surface area contributed by atoms with E-state index in [1.807, 2.05) is 6.92 Å². The number of benzene rings is 4. The van der Waals surface area contributed by atoms with Crippen molar-refractivity contribution in [2.45, 2.75) is 6.92 Å². The second-order valence-electron chi connectivity index (χ2n) is 7.10. The Bertz CT molecular complexity index is 1440. The Morgan fingerprint density at radius 2 is 1.15 bits per heavy atom. The maximum atomic E-state index is 14.5. The van der Waals surface area contributed by atoms with Gasteiger partial charge in [-0.15, -0.1) is 0 Å². The molecule has 1 nitrogen and oxygen atoms in total. The van der Waals surface area contributed by atoms with E-state index in [0.717, 1.165) is 24.3 Å². The van der Waals surface area contributed by atoms with Crippen LogP contribution in [-0.4, -0.2) is 6.61 Å². The van der Waals surface area contributed by atoms with Gasteiger partial charge in [-0.25, -0.2) is 17.6 Å². The minimum absolute atomic E-state index is 0.174. The average Bonchev–Trinajstić information content (AvgIpc) is 2.79. The highest BCUT2D eigenvalue weighted by Gasteiger charge is 2.09. The van der Waals surface area contributed by atoms with Gasteiger partial charge in [0.05, 0.1) is 12.2 Å². The third kappa shape index (κ3) is 5.17. The second-order valence-corrected chi connectivity index (χ2v) is 7.10. The molecule has 0 bridgehead atoms. The Morgan fingerprint density at radius 1 is 0.576 bits per heavy atom. The lowest BCUT2D eigenvalue weighted by molar-refractivity contribution is 0.340. The molecule has 5 heteroatoms. The Kier molecular flexibility index (Phi) is 6.33. The fourth-order valence-electron chi connectivity index (χ4n) is 3.16. The molecule has 0 saturated carbocycles. The summed E-state index contributed by atoms with van der Waals surface area (Å²) in [5, 5.41) is 0.925. The molecule has 0 N–H and O–H groups in total. The van der Waals surface area contributed by atoms with Gasteiger partial charge in [0, 0.05) is 16.7 Å². The highest BCUT2D eigenvalue weighted by molar-refractivity contribution is 5.84. The standard InChI is InChI=1S/C28H16F4O/c1-2-33-23-10-6-18(7-11-23)3-4-20-14-25(29)24(26(30)15-20)12-8-19-5-9-21-16-27(31)28(32)17-22(21)13-19/h5-7,9-11,13-17H,2H2,1H3. The van der Waals surface area contributed by atoms with Gasteiger partial charge in [-0.1, -0.05) is 29.7 Å². The van der Waals surface area contributed by atoms with Gasteiger partial charge in [0.2, 0.25) is 0 Å². The number of ether oxygens (including phenoxy) is 1. The van der Waals surface area contributed by atoms with Gasteiger partial charge >= 0.3 is 0 Å². The molecule has 0 aliphatic rings. The molecule has 4 rings (SSSR count). The third-order valence-electron chi connectivity index (χ3n) is 4.77. The van der Waals surface area contributed by atoms with Gasteiger partial charge in [0.1, 0.15) is 17.4 Å². The van der Waals surface area contributed by atoms with E-state index < -0.39 is 28.8 Å². The van der Waals surface area contributed by atoms with Gasteiger partial charge in [-0.05, 0) is 78.4 Å². The monoisotopic (exact) mass is 444 g/mol. The summed E-state index contributed by atoms with van der Waals surface area (Å²) in [5.41, 5.74) is 0.863. The van der Waals surface area contributed by atoms with Crippen molar-refractivity contribution in [3.05, 3.63) is 112 Å². The van der Waals surface area contributed by atoms with E-state index in [2.05, 4.69) is 23.7 Å². The molecule has 0 heterocycles. The second kappa shape index (κ2) is 9.51. The van der Waals surface area contributed by atoms with Crippen LogP contribution in [0, 0.1) is 47.0 Å². The zero-order valence-electron chi connectivity index (χ0n) is 17.5. The lowest BCUT2D eigenvalue weighted by Crippen LogP contribution is -1.93. The zero-order valence-corrected chi connectivity index (χ0v) is 17.5. The molecule has 4 aromatic rings. The van der Waals surface area contributed by atoms with Crippen molar-refractivity contribution in [3.63, 3.8) is 0 Å². The van der Waals surface area contributed by atoms with E-state index in [-0.39, 0.29) is 5.56 Å². The maximum absolute atomic E-state index is 14.5. The first-order valence-electron chi connectivity index (χ1n) is 10.1. The molecule has 0 aliphatic carbocycles. The van der Waals surface area contributed by atoms with Crippen molar-refractivity contribution in [2.75, 3.05) is 6.61 Å². The number of halogens is 4. The van der Waals surface area contributed by atoms with E-state index in [9.17, 15) is 17.6 Å². The van der Waals surface area contributed by atoms with Gasteiger partial charge in [-0.2, -0.15) is 0 Å². The van der Waals surface area contributed by atoms with Crippen molar-refractivity contribution in [1.29, 1.82) is 0 Å². The zero-order chi connectivity index (χ0) is 23.4. The first kappa shape index (κ1) is 22.0. The van der Waals surface area contributed by atoms with Crippen LogP contribution >= 0.6 is 0 Å². The summed E-state index contributed by atoms with van der Waals surface area (Å²) in [6.45, 7) is 2.44. The fourth-order valence-corrected chi connectivity index (χ4v) is 3.16. The minimum atomic E-state index is -0.980. The van der Waals surface area contributed by atoms with Crippen molar-refractivity contribution in [3.8, 4) is 29.4 Å². The minimum Gasteiger partial charge on any atom is -0.494 e. The third-order valence-corrected chi connectivity index (χ3v) is 4.77. The van der Waals surface area contributed by atoms with Crippen molar-refractivity contribution in [2.24, 2.45) is 0 Å². The van der Waals surface area contributed by atoms with Crippen LogP contribution < -0.4 is 4.74 Å². The topological polar surface area (TPSA) is 9.23 Å². The molecular weight excluding hydrogens is 428 g/mol. The number of fused-ring (bicyclic) bond motifs is 1. The fraction of sp³-hybridized carbons (Fsp3) is 0.0714. The highest BCUT2D eigenvalue weighted by Crippen LogP contribution is 2.20. The summed E-state index contributed by atoms with van der Waals surface area (Å²) in [4.78, 5) is 0. The molecule has 0 aliphatic heterocycles. The van der Waals surface area contributed by atoms with Crippen LogP contribution in [0.4, 0.5) is 17.6 Å². The lowest BCUT2D eigenvalue weighted by Gasteiger charge is -2.02. The Labute approximate surface area is 188 Å². The Balaban J connectivity index is 1.58. The summed E-state index contributed by atoms with van der Waals surface area (Å²) < 4.78 is 61.2. The van der Waals surface area contributed by atoms with Gasteiger partial charge < -0.3 is 4.74 Å². The molecule has 162 valence electrons. The van der Waals surface area contributed by atoms with E-state index in [4.69, 9.17) is 4.74 Å². The molecule has 0 amide bonds. The molecule has 33 heavy (non-hydrogen) atoms. The van der Waals surface area contributed by atoms with Crippen LogP contribution in [0.1, 0.15) is 29.2 Å². The van der Waals surface area contributed by atoms with E-state index in [1.165, 1.54) is 6.07 Å². The molecule has 0 unspecified atom stereocenters. The van der Waals surface area contributed by atoms with E-state index in [1.54, 1.807) is 36.4 Å². The first-order valence-corrected chi connectivity index (χ1v) is 10.1. The average molecular weight is 444 g/mol. The van der Waals surface area contributed by atoms with E-state index in [0.29, 0.717) is 34.3 Å². The summed E-state index contributed by atoms with van der Waals surface area (Å²) in [7, 11) is 0. The predicted molar refractivity (Wildman–Crippen MR) is 120 cm³/mol. The van der Waals surface area contributed by atoms with Crippen molar-refractivity contribution in [1.82, 2.24) is 0 Å². The Morgan fingerprint density at radius 3 is 1.82 bits per heavy atom. The van der Waals surface area contributed by atoms with Crippen LogP contribution in [0.5, 0.6) is 5.75 Å². The summed E-state index contributed by atoms with van der Waals surface area (Å²) in [6.07, 6.45) is 0. The van der Waals surface area contributed by atoms with Crippen molar-refractivity contribution < 1.29 is 22.3 Å². The van der Waals surface area contributed by atoms with Crippen LogP contribution in [0.3, 0.4) is 0 Å². The molecule has 0 radical (unpaired) electrons. The van der Waals surface area contributed by atoms with Crippen LogP contribution in [0.2, 0.25) is 0 Å². The molecule has 0 saturated heterocycles. The highest BCUT2D eigenvalue weighted by atomic mass is 19.2. The first-order chi connectivity index (χ1) is 15.9. The molecule has 0 aromatic heterocycles. The summed E-state index contributed by atoms with van der Waals surface area (Å²) >= 11 is 0. The molecular formula is C28H16F4O. The lowest BCUT2D eigenvalue weighted by atomic mass is 10.1. The van der Waals surface area contributed by atoms with Gasteiger partial charge in [-0.3, -0.25) is 0 Å². The summed E-state index contributed by atoms with van der Waals surface area (Å²) in [5.74, 6) is 7.85. The maximum Gasteiger partial charge on any atom is 0.159 e.